The normalized spacial score (nSPS) is 22.5. The van der Waals surface area contributed by atoms with Crippen LogP contribution in [0, 0.1) is 23.6 Å². The molecule has 8 nitrogen and oxygen atoms in total. The van der Waals surface area contributed by atoms with Crippen LogP contribution in [0.15, 0.2) is 29.4 Å². The molecule has 1 heterocycles. The van der Waals surface area contributed by atoms with Crippen LogP contribution in [0.4, 0.5) is 9.18 Å². The fourth-order valence-corrected chi connectivity index (χ4v) is 5.89. The van der Waals surface area contributed by atoms with E-state index in [2.05, 4.69) is 27.8 Å². The van der Waals surface area contributed by atoms with Crippen LogP contribution >= 0.6 is 11.8 Å². The number of thioether (sulfide) groups is 1. The molecule has 0 saturated heterocycles. The van der Waals surface area contributed by atoms with Crippen molar-refractivity contribution < 1.29 is 18.7 Å². The van der Waals surface area contributed by atoms with Crippen molar-refractivity contribution in [1.29, 1.82) is 0 Å². The Balaban J connectivity index is 1.52. The number of nitrogens with zero attached hydrogens (tertiary/aromatic N) is 3. The number of fused-ring (bicyclic) bond motifs is 2. The summed E-state index contributed by atoms with van der Waals surface area (Å²) >= 11 is 1.23. The van der Waals surface area contributed by atoms with Crippen LogP contribution in [-0.2, 0) is 11.4 Å². The Morgan fingerprint density at radius 2 is 2.09 bits per heavy atom. The predicted octanol–water partition coefficient (Wildman–Crippen LogP) is 3.54. The Bertz CT molecular complexity index is 984. The highest BCUT2D eigenvalue weighted by molar-refractivity contribution is 7.99. The zero-order valence-corrected chi connectivity index (χ0v) is 19.0. The first-order chi connectivity index (χ1) is 15.5. The largest absolute Gasteiger partial charge is 0.483 e. The summed E-state index contributed by atoms with van der Waals surface area (Å²) in [6, 6.07) is 5.84. The molecular weight excluding hydrogens is 433 g/mol. The van der Waals surface area contributed by atoms with Crippen molar-refractivity contribution in [1.82, 2.24) is 25.4 Å². The lowest BCUT2D eigenvalue weighted by molar-refractivity contribution is -0.117. The number of hydrogen-bond donors (Lipinski definition) is 2. The maximum Gasteiger partial charge on any atom is 0.321 e. The lowest BCUT2D eigenvalue weighted by Crippen LogP contribution is -2.38. The Kier molecular flexibility index (Phi) is 6.98. The van der Waals surface area contributed by atoms with Gasteiger partial charge in [0, 0.05) is 13.1 Å². The fraction of sp³-hybridized carbons (Fsp3) is 0.545. The standard InChI is InChI=1S/C22H28FN5O3S/c1-13(16-10-14-7-8-15(16)9-14)28-19(11-31-18-6-4-3-5-17(18)23)26-27-22(28)32-12-20(29)25-21(30)24-2/h3-6,13-16H,7-12H2,1-2H3,(H2,24,25,29,30)/t13-,14+,15+,16+/m1/s1. The Hall–Kier alpha value is -2.62. The molecule has 4 rings (SSSR count). The van der Waals surface area contributed by atoms with E-state index in [1.807, 2.05) is 4.57 Å². The van der Waals surface area contributed by atoms with Crippen LogP contribution in [0.1, 0.15) is 44.5 Å². The maximum absolute atomic E-state index is 14.0. The molecule has 172 valence electrons. The smallest absolute Gasteiger partial charge is 0.321 e. The van der Waals surface area contributed by atoms with Gasteiger partial charge in [-0.05, 0) is 56.1 Å². The van der Waals surface area contributed by atoms with Crippen LogP contribution in [0.5, 0.6) is 5.75 Å². The molecule has 2 saturated carbocycles. The average molecular weight is 462 g/mol. The van der Waals surface area contributed by atoms with Crippen LogP contribution in [0.2, 0.25) is 0 Å². The number of halogens is 1. The molecule has 2 aromatic rings. The molecule has 2 bridgehead atoms. The van der Waals surface area contributed by atoms with Gasteiger partial charge < -0.3 is 10.1 Å². The Morgan fingerprint density at radius 1 is 1.28 bits per heavy atom. The van der Waals surface area contributed by atoms with Gasteiger partial charge in [-0.15, -0.1) is 10.2 Å². The van der Waals surface area contributed by atoms with Crippen LogP contribution in [-0.4, -0.2) is 39.5 Å². The lowest BCUT2D eigenvalue weighted by Gasteiger charge is -2.30. The number of amides is 3. The second-order valence-corrected chi connectivity index (χ2v) is 9.43. The van der Waals surface area contributed by atoms with Gasteiger partial charge >= 0.3 is 6.03 Å². The van der Waals surface area contributed by atoms with E-state index in [0.29, 0.717) is 22.8 Å². The molecule has 2 aliphatic carbocycles. The topological polar surface area (TPSA) is 98.1 Å². The van der Waals surface area contributed by atoms with Gasteiger partial charge in [0.25, 0.3) is 0 Å². The number of rotatable bonds is 8. The zero-order chi connectivity index (χ0) is 22.7. The van der Waals surface area contributed by atoms with Crippen molar-refractivity contribution in [3.05, 3.63) is 35.9 Å². The van der Waals surface area contributed by atoms with Crippen LogP contribution < -0.4 is 15.4 Å². The van der Waals surface area contributed by atoms with Gasteiger partial charge in [-0.2, -0.15) is 0 Å². The van der Waals surface area contributed by atoms with E-state index in [0.717, 1.165) is 5.92 Å². The quantitative estimate of drug-likeness (QED) is 0.584. The van der Waals surface area contributed by atoms with Gasteiger partial charge in [0.2, 0.25) is 5.91 Å². The molecule has 1 aromatic heterocycles. The van der Waals surface area contributed by atoms with Gasteiger partial charge in [-0.3, -0.25) is 14.7 Å². The summed E-state index contributed by atoms with van der Waals surface area (Å²) in [4.78, 5) is 23.4. The van der Waals surface area contributed by atoms with E-state index in [1.54, 1.807) is 18.2 Å². The minimum absolute atomic E-state index is 0.0309. The first-order valence-electron chi connectivity index (χ1n) is 10.9. The number of carbonyl (C=O) groups is 2. The van der Waals surface area contributed by atoms with Crippen molar-refractivity contribution in [3.63, 3.8) is 0 Å². The molecule has 0 radical (unpaired) electrons. The average Bonchev–Trinajstić information content (AvgIpc) is 3.52. The molecule has 0 spiro atoms. The third-order valence-corrected chi connectivity index (χ3v) is 7.50. The molecule has 3 amide bonds. The van der Waals surface area contributed by atoms with Gasteiger partial charge in [-0.1, -0.05) is 30.3 Å². The second kappa shape index (κ2) is 9.89. The minimum Gasteiger partial charge on any atom is -0.483 e. The lowest BCUT2D eigenvalue weighted by atomic mass is 9.84. The summed E-state index contributed by atoms with van der Waals surface area (Å²) in [5.74, 6) is 1.93. The molecule has 2 N–H and O–H groups in total. The van der Waals surface area contributed by atoms with E-state index in [-0.39, 0.29) is 24.2 Å². The van der Waals surface area contributed by atoms with Gasteiger partial charge in [0.15, 0.2) is 22.5 Å². The Labute approximate surface area is 190 Å². The van der Waals surface area contributed by atoms with Crippen molar-refractivity contribution >= 4 is 23.7 Å². The third kappa shape index (κ3) is 4.90. The van der Waals surface area contributed by atoms with Gasteiger partial charge in [-0.25, -0.2) is 9.18 Å². The number of urea groups is 1. The third-order valence-electron chi connectivity index (χ3n) is 6.56. The molecule has 0 unspecified atom stereocenters. The molecule has 1 aromatic carbocycles. The summed E-state index contributed by atoms with van der Waals surface area (Å²) in [6.45, 7) is 2.24. The summed E-state index contributed by atoms with van der Waals surface area (Å²) < 4.78 is 21.7. The van der Waals surface area contributed by atoms with Crippen molar-refractivity contribution in [3.8, 4) is 5.75 Å². The van der Waals surface area contributed by atoms with E-state index in [4.69, 9.17) is 4.74 Å². The van der Waals surface area contributed by atoms with Crippen LogP contribution in [0.3, 0.4) is 0 Å². The van der Waals surface area contributed by atoms with Crippen molar-refractivity contribution in [2.75, 3.05) is 12.8 Å². The van der Waals surface area contributed by atoms with E-state index >= 15 is 0 Å². The molecule has 32 heavy (non-hydrogen) atoms. The molecule has 0 aliphatic heterocycles. The highest BCUT2D eigenvalue weighted by Gasteiger charge is 2.43. The van der Waals surface area contributed by atoms with E-state index in [9.17, 15) is 14.0 Å². The molecule has 2 fully saturated rings. The zero-order valence-electron chi connectivity index (χ0n) is 18.2. The maximum atomic E-state index is 14.0. The summed E-state index contributed by atoms with van der Waals surface area (Å²) in [5.41, 5.74) is 0. The predicted molar refractivity (Wildman–Crippen MR) is 118 cm³/mol. The highest BCUT2D eigenvalue weighted by atomic mass is 32.2. The van der Waals surface area contributed by atoms with Crippen molar-refractivity contribution in [2.45, 2.75) is 50.4 Å². The van der Waals surface area contributed by atoms with Gasteiger partial charge in [0.1, 0.15) is 6.61 Å². The first-order valence-corrected chi connectivity index (χ1v) is 11.9. The summed E-state index contributed by atoms with van der Waals surface area (Å²) in [7, 11) is 1.45. The Morgan fingerprint density at radius 3 is 2.78 bits per heavy atom. The van der Waals surface area contributed by atoms with E-state index in [1.165, 1.54) is 50.6 Å². The first kappa shape index (κ1) is 22.6. The molecular formula is C22H28FN5O3S. The minimum atomic E-state index is -0.550. The summed E-state index contributed by atoms with van der Waals surface area (Å²) in [6.07, 6.45) is 5.01. The number of nitrogens with one attached hydrogen (secondary N) is 2. The van der Waals surface area contributed by atoms with E-state index < -0.39 is 17.8 Å². The number of ether oxygens (including phenoxy) is 1. The number of imide groups is 1. The van der Waals surface area contributed by atoms with Crippen molar-refractivity contribution in [2.24, 2.45) is 17.8 Å². The van der Waals surface area contributed by atoms with Gasteiger partial charge in [0.05, 0.1) is 5.75 Å². The monoisotopic (exact) mass is 461 g/mol. The molecule has 2 aliphatic rings. The highest BCUT2D eigenvalue weighted by Crippen LogP contribution is 2.52. The number of aromatic nitrogens is 3. The summed E-state index contributed by atoms with van der Waals surface area (Å²) in [5, 5.41) is 13.8. The fourth-order valence-electron chi connectivity index (χ4n) is 5.05. The number of hydrogen-bond acceptors (Lipinski definition) is 6. The molecule has 4 atom stereocenters. The number of benzene rings is 1. The number of carbonyl (C=O) groups excluding carboxylic acids is 2. The SMILES string of the molecule is CNC(=O)NC(=O)CSc1nnc(COc2ccccc2F)n1[C@H](C)[C@@H]1C[C@H]2CC[C@H]1C2. The number of para-hydroxylation sites is 1. The second-order valence-electron chi connectivity index (χ2n) is 8.48. The van der Waals surface area contributed by atoms with Crippen LogP contribution in [0.25, 0.3) is 0 Å². The molecule has 10 heteroatoms.